The molecule has 2 aromatic heterocycles. The predicted molar refractivity (Wildman–Crippen MR) is 102 cm³/mol. The van der Waals surface area contributed by atoms with Gasteiger partial charge in [-0.1, -0.05) is 0 Å². The Morgan fingerprint density at radius 2 is 2.18 bits per heavy atom. The molecule has 28 heavy (non-hydrogen) atoms. The second-order valence-corrected chi connectivity index (χ2v) is 7.42. The summed E-state index contributed by atoms with van der Waals surface area (Å²) in [5, 5.41) is 14.4. The average Bonchev–Trinajstić information content (AvgIpc) is 3.18. The van der Waals surface area contributed by atoms with Gasteiger partial charge in [-0.05, 0) is 38.0 Å². The molecule has 8 heteroatoms. The van der Waals surface area contributed by atoms with Crippen LogP contribution in [0, 0.1) is 12.7 Å². The lowest BCUT2D eigenvalue weighted by Gasteiger charge is -2.18. The fraction of sp³-hybridized carbons (Fsp3) is 0.300. The number of nitrogen functional groups attached to an aromatic ring is 1. The number of carbonyl (C=O) groups excluding carboxylic acids is 1. The van der Waals surface area contributed by atoms with E-state index in [-0.39, 0.29) is 11.6 Å². The van der Waals surface area contributed by atoms with Crippen LogP contribution in [-0.2, 0) is 0 Å². The molecule has 1 atom stereocenters. The first-order chi connectivity index (χ1) is 13.2. The number of aliphatic hydroxyl groups is 1. The Hall–Kier alpha value is -3.13. The Bertz CT molecular complexity index is 1080. The quantitative estimate of drug-likeness (QED) is 0.678. The predicted octanol–water partition coefficient (Wildman–Crippen LogP) is 2.75. The lowest BCUT2D eigenvalue weighted by molar-refractivity contribution is 0.0572. The van der Waals surface area contributed by atoms with Crippen molar-refractivity contribution in [2.75, 3.05) is 18.8 Å². The van der Waals surface area contributed by atoms with Crippen molar-refractivity contribution in [3.8, 4) is 11.5 Å². The molecular weight excluding hydrogens is 363 g/mol. The van der Waals surface area contributed by atoms with E-state index in [1.165, 1.54) is 12.1 Å². The number of likely N-dealkylation sites (tertiary alicyclic amines) is 1. The summed E-state index contributed by atoms with van der Waals surface area (Å²) in [6.07, 6.45) is 3.74. The molecule has 0 radical (unpaired) electrons. The van der Waals surface area contributed by atoms with Gasteiger partial charge in [0.2, 0.25) is 0 Å². The van der Waals surface area contributed by atoms with E-state index >= 15 is 0 Å². The van der Waals surface area contributed by atoms with Crippen molar-refractivity contribution < 1.29 is 19.0 Å². The first-order valence-corrected chi connectivity index (χ1v) is 8.97. The molecule has 1 aliphatic heterocycles. The molecule has 1 fully saturated rings. The summed E-state index contributed by atoms with van der Waals surface area (Å²) < 4.78 is 21.1. The number of rotatable bonds is 3. The van der Waals surface area contributed by atoms with Crippen LogP contribution in [0.15, 0.2) is 36.7 Å². The third kappa shape index (κ3) is 3.16. The first kappa shape index (κ1) is 18.2. The van der Waals surface area contributed by atoms with Gasteiger partial charge in [0.05, 0.1) is 23.0 Å². The zero-order valence-corrected chi connectivity index (χ0v) is 15.6. The lowest BCUT2D eigenvalue weighted by Crippen LogP contribution is -2.34. The molecule has 1 aromatic carbocycles. The molecule has 146 valence electrons. The largest absolute Gasteiger partial charge is 0.455 e. The number of aromatic nitrogens is 2. The van der Waals surface area contributed by atoms with Crippen LogP contribution in [0.5, 0.6) is 11.5 Å². The highest BCUT2D eigenvalue weighted by atomic mass is 19.1. The molecule has 0 unspecified atom stereocenters. The Kier molecular flexibility index (Phi) is 4.23. The number of benzene rings is 1. The zero-order valence-electron chi connectivity index (χ0n) is 15.6. The van der Waals surface area contributed by atoms with E-state index in [2.05, 4.69) is 5.10 Å². The first-order valence-electron chi connectivity index (χ1n) is 8.97. The van der Waals surface area contributed by atoms with E-state index in [9.17, 15) is 14.3 Å². The minimum absolute atomic E-state index is 0.0421. The number of hydrogen-bond acceptors (Lipinski definition) is 5. The van der Waals surface area contributed by atoms with Crippen molar-refractivity contribution in [3.05, 3.63) is 53.6 Å². The Labute approximate surface area is 161 Å². The molecule has 0 spiro atoms. The van der Waals surface area contributed by atoms with Gasteiger partial charge in [-0.15, -0.1) is 0 Å². The highest BCUT2D eigenvalue weighted by Gasteiger charge is 2.35. The van der Waals surface area contributed by atoms with Crippen molar-refractivity contribution in [2.45, 2.75) is 25.9 Å². The van der Waals surface area contributed by atoms with Crippen LogP contribution in [-0.4, -0.2) is 44.2 Å². The average molecular weight is 384 g/mol. The zero-order chi connectivity index (χ0) is 20.1. The van der Waals surface area contributed by atoms with Crippen molar-refractivity contribution in [2.24, 2.45) is 0 Å². The monoisotopic (exact) mass is 384 g/mol. The number of anilines is 1. The molecule has 0 saturated carbocycles. The van der Waals surface area contributed by atoms with Gasteiger partial charge in [-0.2, -0.15) is 5.10 Å². The standard InChI is InChI=1S/C20H21FN4O3/c1-12-14(19(26)24-8-6-20(2,27)11-24)10-25-18(12)17(5-7-23-25)28-13-3-4-16(22)15(21)9-13/h3-5,7,9-10,27H,6,8,11,22H2,1-2H3/t20-/m1/s1. The van der Waals surface area contributed by atoms with Crippen molar-refractivity contribution >= 4 is 17.1 Å². The number of fused-ring (bicyclic) bond motifs is 1. The summed E-state index contributed by atoms with van der Waals surface area (Å²) in [6.45, 7) is 4.33. The molecule has 1 amide bonds. The molecule has 3 heterocycles. The van der Waals surface area contributed by atoms with Crippen LogP contribution in [0.2, 0.25) is 0 Å². The maximum Gasteiger partial charge on any atom is 0.255 e. The second-order valence-electron chi connectivity index (χ2n) is 7.42. The fourth-order valence-electron chi connectivity index (χ4n) is 3.51. The van der Waals surface area contributed by atoms with Crippen LogP contribution in [0.25, 0.3) is 5.52 Å². The topological polar surface area (TPSA) is 93.1 Å². The van der Waals surface area contributed by atoms with Gasteiger partial charge in [0, 0.05) is 31.4 Å². The fourth-order valence-corrected chi connectivity index (χ4v) is 3.51. The van der Waals surface area contributed by atoms with Crippen LogP contribution >= 0.6 is 0 Å². The highest BCUT2D eigenvalue weighted by Crippen LogP contribution is 2.32. The Morgan fingerprint density at radius 3 is 2.86 bits per heavy atom. The summed E-state index contributed by atoms with van der Waals surface area (Å²) in [4.78, 5) is 14.6. The number of ether oxygens (including phenoxy) is 1. The van der Waals surface area contributed by atoms with Crippen LogP contribution in [0.3, 0.4) is 0 Å². The number of hydrogen-bond donors (Lipinski definition) is 2. The number of aryl methyl sites for hydroxylation is 1. The summed E-state index contributed by atoms with van der Waals surface area (Å²) in [5.41, 5.74) is 6.50. The second kappa shape index (κ2) is 6.49. The number of carbonyl (C=O) groups is 1. The maximum absolute atomic E-state index is 13.7. The summed E-state index contributed by atoms with van der Waals surface area (Å²) in [7, 11) is 0. The molecule has 0 bridgehead atoms. The molecule has 7 nitrogen and oxygen atoms in total. The smallest absolute Gasteiger partial charge is 0.255 e. The van der Waals surface area contributed by atoms with Gasteiger partial charge in [-0.3, -0.25) is 4.79 Å². The van der Waals surface area contributed by atoms with E-state index in [1.54, 1.807) is 40.9 Å². The van der Waals surface area contributed by atoms with E-state index in [0.29, 0.717) is 47.7 Å². The SMILES string of the molecule is Cc1c(C(=O)N2CC[C@@](C)(O)C2)cn2nccc(Oc3ccc(N)c(F)c3)c12. The summed E-state index contributed by atoms with van der Waals surface area (Å²) in [6, 6.07) is 5.88. The van der Waals surface area contributed by atoms with Crippen molar-refractivity contribution in [1.82, 2.24) is 14.5 Å². The van der Waals surface area contributed by atoms with Crippen molar-refractivity contribution in [3.63, 3.8) is 0 Å². The summed E-state index contributed by atoms with van der Waals surface area (Å²) >= 11 is 0. The lowest BCUT2D eigenvalue weighted by atomic mass is 10.1. The van der Waals surface area contributed by atoms with Gasteiger partial charge in [0.25, 0.3) is 5.91 Å². The third-order valence-corrected chi connectivity index (χ3v) is 5.06. The number of nitrogens with zero attached hydrogens (tertiary/aromatic N) is 3. The van der Waals surface area contributed by atoms with E-state index in [0.717, 1.165) is 0 Å². The molecular formula is C20H21FN4O3. The number of β-amino-alcohol motifs (C(OH)–C–C–N with tert-alkyl or cyclic N) is 1. The number of halogens is 1. The normalized spacial score (nSPS) is 19.4. The minimum Gasteiger partial charge on any atom is -0.455 e. The van der Waals surface area contributed by atoms with Crippen molar-refractivity contribution in [1.29, 1.82) is 0 Å². The minimum atomic E-state index is -0.867. The molecule has 1 aliphatic rings. The van der Waals surface area contributed by atoms with E-state index in [1.807, 2.05) is 6.92 Å². The summed E-state index contributed by atoms with van der Waals surface area (Å²) in [5.74, 6) is 0.0184. The maximum atomic E-state index is 13.7. The number of amides is 1. The van der Waals surface area contributed by atoms with Gasteiger partial charge in [0.1, 0.15) is 17.1 Å². The van der Waals surface area contributed by atoms with E-state index in [4.69, 9.17) is 10.5 Å². The van der Waals surface area contributed by atoms with Crippen LogP contribution in [0.4, 0.5) is 10.1 Å². The molecule has 4 rings (SSSR count). The molecule has 3 N–H and O–H groups in total. The van der Waals surface area contributed by atoms with Gasteiger partial charge < -0.3 is 20.5 Å². The van der Waals surface area contributed by atoms with Crippen LogP contribution in [0.1, 0.15) is 29.3 Å². The molecule has 3 aromatic rings. The van der Waals surface area contributed by atoms with Gasteiger partial charge in [-0.25, -0.2) is 8.91 Å². The molecule has 0 aliphatic carbocycles. The Morgan fingerprint density at radius 1 is 1.39 bits per heavy atom. The van der Waals surface area contributed by atoms with Gasteiger partial charge >= 0.3 is 0 Å². The van der Waals surface area contributed by atoms with E-state index < -0.39 is 11.4 Å². The van der Waals surface area contributed by atoms with Crippen LogP contribution < -0.4 is 10.5 Å². The number of nitrogens with two attached hydrogens (primary N) is 1. The Balaban J connectivity index is 1.70. The molecule has 1 saturated heterocycles. The highest BCUT2D eigenvalue weighted by molar-refractivity contribution is 5.98. The van der Waals surface area contributed by atoms with Gasteiger partial charge in [0.15, 0.2) is 5.75 Å². The third-order valence-electron chi connectivity index (χ3n) is 5.06.